The normalized spacial score (nSPS) is 12.5. The molecule has 1 heterocycles. The molecule has 0 bridgehead atoms. The SMILES string of the molecule is CC(Nc1c(F)cc(Br)cc1F)c1nccn1C. The maximum absolute atomic E-state index is 13.7. The number of halogens is 3. The van der Waals surface area contributed by atoms with Gasteiger partial charge in [-0.3, -0.25) is 0 Å². The van der Waals surface area contributed by atoms with Crippen LogP contribution in [0.3, 0.4) is 0 Å². The van der Waals surface area contributed by atoms with Gasteiger partial charge in [0.15, 0.2) is 0 Å². The average Bonchev–Trinajstić information content (AvgIpc) is 2.69. The minimum absolute atomic E-state index is 0.145. The summed E-state index contributed by atoms with van der Waals surface area (Å²) < 4.78 is 29.5. The van der Waals surface area contributed by atoms with Crippen molar-refractivity contribution in [1.29, 1.82) is 0 Å². The molecule has 0 amide bonds. The maximum Gasteiger partial charge on any atom is 0.150 e. The van der Waals surface area contributed by atoms with Crippen LogP contribution < -0.4 is 5.32 Å². The molecule has 1 unspecified atom stereocenters. The van der Waals surface area contributed by atoms with Crippen LogP contribution in [-0.2, 0) is 7.05 Å². The van der Waals surface area contributed by atoms with Crippen LogP contribution in [0, 0.1) is 11.6 Å². The van der Waals surface area contributed by atoms with Gasteiger partial charge in [-0.15, -0.1) is 0 Å². The van der Waals surface area contributed by atoms with Crippen LogP contribution >= 0.6 is 15.9 Å². The van der Waals surface area contributed by atoms with Gasteiger partial charge in [-0.2, -0.15) is 0 Å². The van der Waals surface area contributed by atoms with E-state index in [1.807, 2.05) is 7.05 Å². The summed E-state index contributed by atoms with van der Waals surface area (Å²) in [4.78, 5) is 4.14. The van der Waals surface area contributed by atoms with E-state index in [2.05, 4.69) is 26.2 Å². The molecule has 0 aliphatic heterocycles. The molecule has 0 saturated heterocycles. The van der Waals surface area contributed by atoms with Gasteiger partial charge in [0.1, 0.15) is 23.1 Å². The van der Waals surface area contributed by atoms with E-state index in [1.54, 1.807) is 23.9 Å². The first-order valence-electron chi connectivity index (χ1n) is 5.37. The number of hydrogen-bond acceptors (Lipinski definition) is 2. The van der Waals surface area contributed by atoms with Gasteiger partial charge in [0.05, 0.1) is 6.04 Å². The van der Waals surface area contributed by atoms with Gasteiger partial charge >= 0.3 is 0 Å². The van der Waals surface area contributed by atoms with Gasteiger partial charge in [0.25, 0.3) is 0 Å². The van der Waals surface area contributed by atoms with Gasteiger partial charge in [-0.25, -0.2) is 13.8 Å². The Hall–Kier alpha value is -1.43. The van der Waals surface area contributed by atoms with Crippen molar-refractivity contribution < 1.29 is 8.78 Å². The van der Waals surface area contributed by atoms with Crippen LogP contribution in [-0.4, -0.2) is 9.55 Å². The fourth-order valence-corrected chi connectivity index (χ4v) is 2.16. The van der Waals surface area contributed by atoms with Crippen LogP contribution in [0.2, 0.25) is 0 Å². The minimum atomic E-state index is -0.636. The predicted molar refractivity (Wildman–Crippen MR) is 69.3 cm³/mol. The standard InChI is InChI=1S/C12H12BrF2N3/c1-7(12-16-3-4-18(12)2)17-11-9(14)5-8(13)6-10(11)15/h3-7,17H,1-2H3. The van der Waals surface area contributed by atoms with E-state index in [1.165, 1.54) is 12.1 Å². The minimum Gasteiger partial charge on any atom is -0.371 e. The summed E-state index contributed by atoms with van der Waals surface area (Å²) >= 11 is 3.04. The Labute approximate surface area is 112 Å². The fourth-order valence-electron chi connectivity index (χ4n) is 1.76. The van der Waals surface area contributed by atoms with E-state index in [9.17, 15) is 8.78 Å². The quantitative estimate of drug-likeness (QED) is 0.937. The summed E-state index contributed by atoms with van der Waals surface area (Å²) in [7, 11) is 1.83. The molecule has 96 valence electrons. The number of anilines is 1. The summed E-state index contributed by atoms with van der Waals surface area (Å²) in [6.07, 6.45) is 3.42. The van der Waals surface area contributed by atoms with E-state index in [4.69, 9.17) is 0 Å². The number of aryl methyl sites for hydroxylation is 1. The monoisotopic (exact) mass is 315 g/mol. The zero-order valence-corrected chi connectivity index (χ0v) is 11.5. The van der Waals surface area contributed by atoms with Crippen molar-refractivity contribution in [3.63, 3.8) is 0 Å². The lowest BCUT2D eigenvalue weighted by atomic mass is 10.2. The highest BCUT2D eigenvalue weighted by Gasteiger charge is 2.16. The van der Waals surface area contributed by atoms with Crippen molar-refractivity contribution in [3.8, 4) is 0 Å². The van der Waals surface area contributed by atoms with Gasteiger partial charge in [-0.1, -0.05) is 15.9 Å². The molecule has 1 aromatic heterocycles. The molecule has 1 N–H and O–H groups in total. The van der Waals surface area contributed by atoms with Crippen molar-refractivity contribution in [3.05, 3.63) is 46.5 Å². The van der Waals surface area contributed by atoms with Crippen molar-refractivity contribution >= 4 is 21.6 Å². The molecule has 0 fully saturated rings. The zero-order valence-electron chi connectivity index (χ0n) is 9.92. The first-order chi connectivity index (χ1) is 8.49. The molecule has 0 radical (unpaired) electrons. The molecular weight excluding hydrogens is 304 g/mol. The molecule has 6 heteroatoms. The molecule has 0 spiro atoms. The van der Waals surface area contributed by atoms with E-state index in [0.29, 0.717) is 10.3 Å². The van der Waals surface area contributed by atoms with Crippen LogP contribution in [0.25, 0.3) is 0 Å². The second-order valence-electron chi connectivity index (χ2n) is 4.01. The highest BCUT2D eigenvalue weighted by atomic mass is 79.9. The Kier molecular flexibility index (Phi) is 3.65. The Morgan fingerprint density at radius 3 is 2.44 bits per heavy atom. The zero-order chi connectivity index (χ0) is 13.3. The second-order valence-corrected chi connectivity index (χ2v) is 4.92. The number of rotatable bonds is 3. The molecule has 2 aromatic rings. The van der Waals surface area contributed by atoms with Crippen LogP contribution in [0.4, 0.5) is 14.5 Å². The largest absolute Gasteiger partial charge is 0.371 e. The van der Waals surface area contributed by atoms with E-state index in [-0.39, 0.29) is 11.7 Å². The summed E-state index contributed by atoms with van der Waals surface area (Å²) in [5.41, 5.74) is -0.145. The molecule has 18 heavy (non-hydrogen) atoms. The number of nitrogens with one attached hydrogen (secondary N) is 1. The molecule has 3 nitrogen and oxygen atoms in total. The number of imidazole rings is 1. The Bertz CT molecular complexity index is 545. The highest BCUT2D eigenvalue weighted by molar-refractivity contribution is 9.10. The Balaban J connectivity index is 2.27. The van der Waals surface area contributed by atoms with Crippen molar-refractivity contribution in [2.75, 3.05) is 5.32 Å². The first-order valence-corrected chi connectivity index (χ1v) is 6.16. The third kappa shape index (κ3) is 2.53. The van der Waals surface area contributed by atoms with Crippen molar-refractivity contribution in [1.82, 2.24) is 9.55 Å². The summed E-state index contributed by atoms with van der Waals surface area (Å²) in [6, 6.07) is 2.14. The van der Waals surface area contributed by atoms with E-state index >= 15 is 0 Å². The third-order valence-corrected chi connectivity index (χ3v) is 3.07. The maximum atomic E-state index is 13.7. The van der Waals surface area contributed by atoms with Gasteiger partial charge < -0.3 is 9.88 Å². The lowest BCUT2D eigenvalue weighted by Crippen LogP contribution is -2.13. The van der Waals surface area contributed by atoms with Gasteiger partial charge in [0.2, 0.25) is 0 Å². The Morgan fingerprint density at radius 1 is 1.33 bits per heavy atom. The van der Waals surface area contributed by atoms with Crippen molar-refractivity contribution in [2.24, 2.45) is 7.05 Å². The van der Waals surface area contributed by atoms with E-state index in [0.717, 1.165) is 0 Å². The Morgan fingerprint density at radius 2 is 1.94 bits per heavy atom. The number of nitrogens with zero attached hydrogens (tertiary/aromatic N) is 2. The second kappa shape index (κ2) is 5.06. The van der Waals surface area contributed by atoms with Gasteiger partial charge in [-0.05, 0) is 19.1 Å². The van der Waals surface area contributed by atoms with Crippen LogP contribution in [0.1, 0.15) is 18.8 Å². The van der Waals surface area contributed by atoms with E-state index < -0.39 is 11.6 Å². The lowest BCUT2D eigenvalue weighted by Gasteiger charge is -2.16. The first kappa shape index (κ1) is 13.0. The fraction of sp³-hybridized carbons (Fsp3) is 0.250. The molecule has 0 aliphatic rings. The summed E-state index contributed by atoms with van der Waals surface area (Å²) in [5.74, 6) is -0.567. The predicted octanol–water partition coefficient (Wildman–Crippen LogP) is 3.63. The number of benzene rings is 1. The smallest absolute Gasteiger partial charge is 0.150 e. The highest BCUT2D eigenvalue weighted by Crippen LogP contribution is 2.26. The summed E-state index contributed by atoms with van der Waals surface area (Å²) in [6.45, 7) is 1.79. The third-order valence-electron chi connectivity index (χ3n) is 2.61. The average molecular weight is 316 g/mol. The number of aromatic nitrogens is 2. The number of hydrogen-bond donors (Lipinski definition) is 1. The summed E-state index contributed by atoms with van der Waals surface area (Å²) in [5, 5.41) is 2.79. The van der Waals surface area contributed by atoms with Crippen LogP contribution in [0.15, 0.2) is 29.0 Å². The van der Waals surface area contributed by atoms with Crippen molar-refractivity contribution in [2.45, 2.75) is 13.0 Å². The lowest BCUT2D eigenvalue weighted by molar-refractivity contribution is 0.580. The topological polar surface area (TPSA) is 29.9 Å². The molecule has 0 saturated carbocycles. The molecular formula is C12H12BrF2N3. The van der Waals surface area contributed by atoms with Gasteiger partial charge in [0, 0.05) is 23.9 Å². The molecule has 0 aliphatic carbocycles. The molecule has 1 atom stereocenters. The van der Waals surface area contributed by atoms with Crippen LogP contribution in [0.5, 0.6) is 0 Å². The molecule has 1 aromatic carbocycles. The molecule has 2 rings (SSSR count).